The lowest BCUT2D eigenvalue weighted by molar-refractivity contribution is -0.121. The predicted octanol–water partition coefficient (Wildman–Crippen LogP) is 2.84. The molecule has 0 spiro atoms. The zero-order chi connectivity index (χ0) is 18.2. The van der Waals surface area contributed by atoms with Crippen LogP contribution < -0.4 is 10.1 Å². The van der Waals surface area contributed by atoms with Crippen LogP contribution in [-0.4, -0.2) is 35.6 Å². The number of rotatable bonds is 9. The van der Waals surface area contributed by atoms with Crippen molar-refractivity contribution in [1.29, 1.82) is 0 Å². The Hall–Kier alpha value is -2.41. The summed E-state index contributed by atoms with van der Waals surface area (Å²) < 4.78 is 5.23. The van der Waals surface area contributed by atoms with E-state index in [1.54, 1.807) is 17.4 Å². The number of carbonyl (C=O) groups excluding carboxylic acids is 1. The number of carbonyl (C=O) groups is 2. The fraction of sp³-hybridized carbons (Fsp3) is 0.389. The first-order valence-electron chi connectivity index (χ1n) is 8.07. The van der Waals surface area contributed by atoms with Crippen molar-refractivity contribution in [2.75, 3.05) is 13.7 Å². The van der Waals surface area contributed by atoms with Gasteiger partial charge in [0.15, 0.2) is 0 Å². The number of ether oxygens (including phenoxy) is 1. The number of hydrogen-bond acceptors (Lipinski definition) is 5. The lowest BCUT2D eigenvalue weighted by atomic mass is 10.1. The van der Waals surface area contributed by atoms with Crippen molar-refractivity contribution in [1.82, 2.24) is 10.3 Å². The number of amides is 1. The first-order chi connectivity index (χ1) is 12.0. The SMILES string of the molecule is COc1cc(C(=O)O)ccc1CCNC(=O)CCCc1csc(C)n1. The first kappa shape index (κ1) is 18.9. The average molecular weight is 362 g/mol. The van der Waals surface area contributed by atoms with Crippen LogP contribution in [0.3, 0.4) is 0 Å². The second-order valence-corrected chi connectivity index (χ2v) is 6.71. The molecule has 2 aromatic rings. The zero-order valence-corrected chi connectivity index (χ0v) is 15.2. The largest absolute Gasteiger partial charge is 0.496 e. The van der Waals surface area contributed by atoms with Crippen LogP contribution in [0, 0.1) is 6.92 Å². The second kappa shape index (κ2) is 9.17. The Bertz CT molecular complexity index is 742. The van der Waals surface area contributed by atoms with Crippen molar-refractivity contribution in [2.45, 2.75) is 32.6 Å². The van der Waals surface area contributed by atoms with Gasteiger partial charge >= 0.3 is 5.97 Å². The van der Waals surface area contributed by atoms with Crippen LogP contribution in [0.15, 0.2) is 23.6 Å². The van der Waals surface area contributed by atoms with Crippen molar-refractivity contribution in [3.05, 3.63) is 45.4 Å². The van der Waals surface area contributed by atoms with E-state index in [2.05, 4.69) is 10.3 Å². The summed E-state index contributed by atoms with van der Waals surface area (Å²) in [6.07, 6.45) is 2.62. The third-order valence-electron chi connectivity index (χ3n) is 3.75. The summed E-state index contributed by atoms with van der Waals surface area (Å²) in [5, 5.41) is 14.9. The number of carboxylic acid groups (broad SMARTS) is 1. The van der Waals surface area contributed by atoms with Gasteiger partial charge in [0, 0.05) is 18.3 Å². The highest BCUT2D eigenvalue weighted by Crippen LogP contribution is 2.20. The third-order valence-corrected chi connectivity index (χ3v) is 4.58. The van der Waals surface area contributed by atoms with Gasteiger partial charge in [0.2, 0.25) is 5.91 Å². The van der Waals surface area contributed by atoms with E-state index in [1.165, 1.54) is 19.2 Å². The van der Waals surface area contributed by atoms with E-state index in [9.17, 15) is 9.59 Å². The van der Waals surface area contributed by atoms with E-state index in [-0.39, 0.29) is 11.5 Å². The van der Waals surface area contributed by atoms with Gasteiger partial charge in [-0.25, -0.2) is 9.78 Å². The fourth-order valence-electron chi connectivity index (χ4n) is 2.46. The molecule has 7 heteroatoms. The number of aromatic carboxylic acids is 1. The maximum absolute atomic E-state index is 11.9. The molecule has 0 bridgehead atoms. The maximum atomic E-state index is 11.9. The van der Waals surface area contributed by atoms with E-state index >= 15 is 0 Å². The maximum Gasteiger partial charge on any atom is 0.335 e. The van der Waals surface area contributed by atoms with Gasteiger partial charge in [-0.05, 0) is 43.9 Å². The summed E-state index contributed by atoms with van der Waals surface area (Å²) in [6.45, 7) is 2.45. The van der Waals surface area contributed by atoms with Gasteiger partial charge in [-0.2, -0.15) is 0 Å². The summed E-state index contributed by atoms with van der Waals surface area (Å²) in [4.78, 5) is 27.2. The molecule has 0 atom stereocenters. The van der Waals surface area contributed by atoms with Crippen LogP contribution in [0.2, 0.25) is 0 Å². The van der Waals surface area contributed by atoms with Gasteiger partial charge < -0.3 is 15.2 Å². The number of aromatic nitrogens is 1. The van der Waals surface area contributed by atoms with Crippen LogP contribution in [-0.2, 0) is 17.6 Å². The molecule has 0 radical (unpaired) electrons. The molecular formula is C18H22N2O4S. The predicted molar refractivity (Wildman–Crippen MR) is 96.5 cm³/mol. The number of nitrogens with zero attached hydrogens (tertiary/aromatic N) is 1. The van der Waals surface area contributed by atoms with Crippen molar-refractivity contribution >= 4 is 23.2 Å². The van der Waals surface area contributed by atoms with Gasteiger partial charge in [-0.15, -0.1) is 11.3 Å². The van der Waals surface area contributed by atoms with Gasteiger partial charge in [-0.3, -0.25) is 4.79 Å². The molecule has 25 heavy (non-hydrogen) atoms. The summed E-state index contributed by atoms with van der Waals surface area (Å²) >= 11 is 1.62. The van der Waals surface area contributed by atoms with Crippen LogP contribution in [0.1, 0.15) is 39.5 Å². The molecule has 6 nitrogen and oxygen atoms in total. The monoisotopic (exact) mass is 362 g/mol. The van der Waals surface area contributed by atoms with Crippen LogP contribution >= 0.6 is 11.3 Å². The molecule has 134 valence electrons. The number of thiazole rings is 1. The highest BCUT2D eigenvalue weighted by molar-refractivity contribution is 7.09. The third kappa shape index (κ3) is 5.86. The molecule has 1 heterocycles. The topological polar surface area (TPSA) is 88.5 Å². The normalized spacial score (nSPS) is 10.5. The number of benzene rings is 1. The Morgan fingerprint density at radius 1 is 1.32 bits per heavy atom. The lowest BCUT2D eigenvalue weighted by Crippen LogP contribution is -2.25. The molecule has 0 saturated heterocycles. The Labute approximate surface area is 150 Å². The minimum Gasteiger partial charge on any atom is -0.496 e. The van der Waals surface area contributed by atoms with Gasteiger partial charge in [-0.1, -0.05) is 6.07 Å². The molecule has 1 aromatic heterocycles. The molecule has 0 fully saturated rings. The number of hydrogen-bond donors (Lipinski definition) is 2. The van der Waals surface area contributed by atoms with Gasteiger partial charge in [0.25, 0.3) is 0 Å². The van der Waals surface area contributed by atoms with Gasteiger partial charge in [0.05, 0.1) is 23.4 Å². The van der Waals surface area contributed by atoms with Crippen molar-refractivity contribution in [2.24, 2.45) is 0 Å². The summed E-state index contributed by atoms with van der Waals surface area (Å²) in [6, 6.07) is 4.76. The zero-order valence-electron chi connectivity index (χ0n) is 14.4. The molecule has 0 aliphatic carbocycles. The molecule has 0 aliphatic heterocycles. The molecule has 2 N–H and O–H groups in total. The highest BCUT2D eigenvalue weighted by Gasteiger charge is 2.09. The summed E-state index contributed by atoms with van der Waals surface area (Å²) in [5.41, 5.74) is 2.09. The fourth-order valence-corrected chi connectivity index (χ4v) is 3.11. The number of aryl methyl sites for hydroxylation is 2. The highest BCUT2D eigenvalue weighted by atomic mass is 32.1. The number of methoxy groups -OCH3 is 1. The van der Waals surface area contributed by atoms with E-state index in [1.807, 2.05) is 12.3 Å². The van der Waals surface area contributed by atoms with Crippen LogP contribution in [0.4, 0.5) is 0 Å². The van der Waals surface area contributed by atoms with Crippen LogP contribution in [0.5, 0.6) is 5.75 Å². The molecular weight excluding hydrogens is 340 g/mol. The first-order valence-corrected chi connectivity index (χ1v) is 8.95. The standard InChI is InChI=1S/C18H22N2O4S/c1-12-20-15(11-25-12)4-3-5-17(21)19-9-8-13-6-7-14(18(22)23)10-16(13)24-2/h6-7,10-11H,3-5,8-9H2,1-2H3,(H,19,21)(H,22,23). The molecule has 0 aliphatic rings. The van der Waals surface area contributed by atoms with E-state index in [0.29, 0.717) is 25.1 Å². The molecule has 2 rings (SSSR count). The minimum atomic E-state index is -0.992. The molecule has 1 amide bonds. The smallest absolute Gasteiger partial charge is 0.335 e. The van der Waals surface area contributed by atoms with Gasteiger partial charge in [0.1, 0.15) is 5.75 Å². The number of carboxylic acids is 1. The number of nitrogens with one attached hydrogen (secondary N) is 1. The van der Waals surface area contributed by atoms with Crippen molar-refractivity contribution in [3.63, 3.8) is 0 Å². The molecule has 0 unspecified atom stereocenters. The lowest BCUT2D eigenvalue weighted by Gasteiger charge is -2.10. The Morgan fingerprint density at radius 2 is 2.12 bits per heavy atom. The Morgan fingerprint density at radius 3 is 2.76 bits per heavy atom. The molecule has 1 aromatic carbocycles. The van der Waals surface area contributed by atoms with Crippen LogP contribution in [0.25, 0.3) is 0 Å². The summed E-state index contributed by atoms with van der Waals surface area (Å²) in [5.74, 6) is -0.463. The van der Waals surface area contributed by atoms with E-state index in [0.717, 1.165) is 29.1 Å². The van der Waals surface area contributed by atoms with E-state index in [4.69, 9.17) is 9.84 Å². The summed E-state index contributed by atoms with van der Waals surface area (Å²) in [7, 11) is 1.50. The minimum absolute atomic E-state index is 0.00748. The quantitative estimate of drug-likeness (QED) is 0.716. The Balaban J connectivity index is 1.74. The average Bonchev–Trinajstić information content (AvgIpc) is 3.00. The van der Waals surface area contributed by atoms with E-state index < -0.39 is 5.97 Å². The second-order valence-electron chi connectivity index (χ2n) is 5.64. The van der Waals surface area contributed by atoms with Crippen molar-refractivity contribution in [3.8, 4) is 5.75 Å². The Kier molecular flexibility index (Phi) is 6.94. The van der Waals surface area contributed by atoms with Crippen molar-refractivity contribution < 1.29 is 19.4 Å². The molecule has 0 saturated carbocycles.